The molecule has 1 amide bonds. The second kappa shape index (κ2) is 6.66. The number of carbonyl (C=O) groups is 2. The fourth-order valence-electron chi connectivity index (χ4n) is 0.921. The third-order valence-corrected chi connectivity index (χ3v) is 1.77. The van der Waals surface area contributed by atoms with Crippen LogP contribution in [0.1, 0.15) is 26.2 Å². The van der Waals surface area contributed by atoms with Gasteiger partial charge in [-0.1, -0.05) is 6.58 Å². The molecule has 0 spiro atoms. The number of carbonyl (C=O) groups excluding carboxylic acids is 2. The van der Waals surface area contributed by atoms with Gasteiger partial charge in [-0.15, -0.1) is 0 Å². The Labute approximate surface area is 83.1 Å². The molecule has 0 aromatic heterocycles. The maximum absolute atomic E-state index is 10.8. The van der Waals surface area contributed by atoms with Crippen LogP contribution in [0.4, 0.5) is 0 Å². The number of hydrogen-bond acceptors (Lipinski definition) is 2. The van der Waals surface area contributed by atoms with Crippen molar-refractivity contribution < 1.29 is 9.59 Å². The van der Waals surface area contributed by atoms with E-state index in [4.69, 9.17) is 11.6 Å². The maximum atomic E-state index is 10.8. The number of hydrogen-bond donors (Lipinski definition) is 1. The van der Waals surface area contributed by atoms with Gasteiger partial charge in [-0.2, -0.15) is 0 Å². The molecule has 0 rings (SSSR count). The fraction of sp³-hybridized carbons (Fsp3) is 0.556. The first-order chi connectivity index (χ1) is 6.06. The van der Waals surface area contributed by atoms with Crippen LogP contribution in [0.2, 0.25) is 0 Å². The van der Waals surface area contributed by atoms with E-state index < -0.39 is 0 Å². The molecule has 0 radical (unpaired) electrons. The molecule has 1 atom stereocenters. The van der Waals surface area contributed by atoms with Gasteiger partial charge in [0, 0.05) is 12.5 Å². The molecule has 0 aromatic rings. The first-order valence-electron chi connectivity index (χ1n) is 4.17. The van der Waals surface area contributed by atoms with Crippen molar-refractivity contribution in [2.24, 2.45) is 0 Å². The zero-order valence-corrected chi connectivity index (χ0v) is 8.43. The van der Waals surface area contributed by atoms with Gasteiger partial charge in [-0.05, 0) is 37.4 Å². The molecule has 0 aliphatic rings. The Bertz CT molecular complexity index is 204. The highest BCUT2D eigenvalue weighted by atomic mass is 35.5. The third kappa shape index (κ3) is 7.53. The Morgan fingerprint density at radius 1 is 1.62 bits per heavy atom. The summed E-state index contributed by atoms with van der Waals surface area (Å²) in [4.78, 5) is 21.2. The molecule has 0 aliphatic heterocycles. The van der Waals surface area contributed by atoms with E-state index >= 15 is 0 Å². The maximum Gasteiger partial charge on any atom is 0.243 e. The van der Waals surface area contributed by atoms with Gasteiger partial charge in [0.15, 0.2) is 0 Å². The number of nitrogens with one attached hydrogen (secondary N) is 1. The standard InChI is InChI=1S/C9H14ClNO2/c1-3-9(13)11-7(2)5-4-6-8(10)12/h3,7H,1,4-6H2,2H3,(H,11,13). The molecule has 0 bridgehead atoms. The van der Waals surface area contributed by atoms with Gasteiger partial charge in [0.1, 0.15) is 0 Å². The number of halogens is 1. The monoisotopic (exact) mass is 203 g/mol. The Kier molecular flexibility index (Phi) is 6.24. The van der Waals surface area contributed by atoms with Crippen molar-refractivity contribution in [2.75, 3.05) is 0 Å². The Morgan fingerprint density at radius 2 is 2.23 bits per heavy atom. The second-order valence-electron chi connectivity index (χ2n) is 2.86. The molecule has 0 aromatic carbocycles. The van der Waals surface area contributed by atoms with E-state index in [0.717, 1.165) is 6.42 Å². The van der Waals surface area contributed by atoms with Crippen molar-refractivity contribution in [1.82, 2.24) is 5.32 Å². The Morgan fingerprint density at radius 3 is 2.69 bits per heavy atom. The number of rotatable bonds is 6. The van der Waals surface area contributed by atoms with E-state index in [1.165, 1.54) is 6.08 Å². The summed E-state index contributed by atoms with van der Waals surface area (Å²) in [6, 6.07) is 0.0570. The summed E-state index contributed by atoms with van der Waals surface area (Å²) in [5.41, 5.74) is 0. The Balaban J connectivity index is 3.51. The molecule has 0 saturated carbocycles. The molecular formula is C9H14ClNO2. The van der Waals surface area contributed by atoms with Crippen LogP contribution in [0.15, 0.2) is 12.7 Å². The summed E-state index contributed by atoms with van der Waals surface area (Å²) < 4.78 is 0. The van der Waals surface area contributed by atoms with Crippen LogP contribution in [0.3, 0.4) is 0 Å². The minimum atomic E-state index is -0.331. The average Bonchev–Trinajstić information content (AvgIpc) is 2.03. The summed E-state index contributed by atoms with van der Waals surface area (Å²) >= 11 is 5.15. The lowest BCUT2D eigenvalue weighted by molar-refractivity contribution is -0.117. The first kappa shape index (κ1) is 12.2. The van der Waals surface area contributed by atoms with Crippen molar-refractivity contribution in [3.8, 4) is 0 Å². The van der Waals surface area contributed by atoms with E-state index in [9.17, 15) is 9.59 Å². The summed E-state index contributed by atoms with van der Waals surface area (Å²) in [6.07, 6.45) is 3.03. The zero-order chi connectivity index (χ0) is 10.3. The van der Waals surface area contributed by atoms with Crippen molar-refractivity contribution in [3.63, 3.8) is 0 Å². The van der Waals surface area contributed by atoms with Gasteiger partial charge in [-0.25, -0.2) is 0 Å². The lowest BCUT2D eigenvalue weighted by Crippen LogP contribution is -2.30. The molecule has 0 heterocycles. The minimum absolute atomic E-state index is 0.0570. The molecule has 74 valence electrons. The van der Waals surface area contributed by atoms with Crippen molar-refractivity contribution in [2.45, 2.75) is 32.2 Å². The smallest absolute Gasteiger partial charge is 0.243 e. The van der Waals surface area contributed by atoms with Crippen molar-refractivity contribution in [1.29, 1.82) is 0 Å². The second-order valence-corrected chi connectivity index (χ2v) is 3.28. The number of amides is 1. The molecule has 13 heavy (non-hydrogen) atoms. The molecule has 0 aliphatic carbocycles. The Hall–Kier alpha value is -0.830. The quantitative estimate of drug-likeness (QED) is 0.527. The van der Waals surface area contributed by atoms with Crippen LogP contribution < -0.4 is 5.32 Å². The first-order valence-corrected chi connectivity index (χ1v) is 4.55. The highest BCUT2D eigenvalue weighted by Crippen LogP contribution is 2.02. The van der Waals surface area contributed by atoms with Gasteiger partial charge in [0.25, 0.3) is 0 Å². The zero-order valence-electron chi connectivity index (χ0n) is 7.68. The highest BCUT2D eigenvalue weighted by Gasteiger charge is 2.04. The molecule has 1 unspecified atom stereocenters. The SMILES string of the molecule is C=CC(=O)NC(C)CCCC(=O)Cl. The van der Waals surface area contributed by atoms with Crippen molar-refractivity contribution in [3.05, 3.63) is 12.7 Å². The van der Waals surface area contributed by atoms with E-state index in [-0.39, 0.29) is 17.2 Å². The molecular weight excluding hydrogens is 190 g/mol. The molecule has 0 saturated heterocycles. The van der Waals surface area contributed by atoms with E-state index in [1.807, 2.05) is 6.92 Å². The summed E-state index contributed by atoms with van der Waals surface area (Å²) in [5, 5.41) is 2.36. The molecule has 4 heteroatoms. The predicted molar refractivity (Wildman–Crippen MR) is 52.5 cm³/mol. The highest BCUT2D eigenvalue weighted by molar-refractivity contribution is 6.63. The largest absolute Gasteiger partial charge is 0.350 e. The lowest BCUT2D eigenvalue weighted by atomic mass is 10.1. The van der Waals surface area contributed by atoms with Gasteiger partial charge in [0.05, 0.1) is 0 Å². The van der Waals surface area contributed by atoms with Gasteiger partial charge in [-0.3, -0.25) is 9.59 Å². The average molecular weight is 204 g/mol. The van der Waals surface area contributed by atoms with Crippen molar-refractivity contribution >= 4 is 22.8 Å². The van der Waals surface area contributed by atoms with Crippen LogP contribution in [-0.2, 0) is 9.59 Å². The van der Waals surface area contributed by atoms with Gasteiger partial charge in [0.2, 0.25) is 11.1 Å². The van der Waals surface area contributed by atoms with E-state index in [0.29, 0.717) is 12.8 Å². The molecule has 1 N–H and O–H groups in total. The third-order valence-electron chi connectivity index (χ3n) is 1.58. The van der Waals surface area contributed by atoms with E-state index in [2.05, 4.69) is 11.9 Å². The molecule has 0 fully saturated rings. The van der Waals surface area contributed by atoms with Crippen LogP contribution >= 0.6 is 11.6 Å². The van der Waals surface area contributed by atoms with Crippen LogP contribution in [0, 0.1) is 0 Å². The summed E-state index contributed by atoms with van der Waals surface area (Å²) in [6.45, 7) is 5.21. The molecule has 3 nitrogen and oxygen atoms in total. The lowest BCUT2D eigenvalue weighted by Gasteiger charge is -2.10. The summed E-state index contributed by atoms with van der Waals surface area (Å²) in [7, 11) is 0. The van der Waals surface area contributed by atoms with E-state index in [1.54, 1.807) is 0 Å². The minimum Gasteiger partial charge on any atom is -0.350 e. The predicted octanol–water partition coefficient (Wildman–Crippen LogP) is 1.61. The topological polar surface area (TPSA) is 46.2 Å². The van der Waals surface area contributed by atoms with Crippen LogP contribution in [0.5, 0.6) is 0 Å². The fourth-order valence-corrected chi connectivity index (χ4v) is 1.05. The normalized spacial score (nSPS) is 11.8. The van der Waals surface area contributed by atoms with Gasteiger partial charge < -0.3 is 5.32 Å². The summed E-state index contributed by atoms with van der Waals surface area (Å²) in [5.74, 6) is -0.190. The van der Waals surface area contributed by atoms with Gasteiger partial charge >= 0.3 is 0 Å². The van der Waals surface area contributed by atoms with Crippen LogP contribution in [0.25, 0.3) is 0 Å². The van der Waals surface area contributed by atoms with Crippen LogP contribution in [-0.4, -0.2) is 17.2 Å².